The summed E-state index contributed by atoms with van der Waals surface area (Å²) in [7, 11) is 0. The van der Waals surface area contributed by atoms with Crippen molar-refractivity contribution in [3.8, 4) is 0 Å². The summed E-state index contributed by atoms with van der Waals surface area (Å²) in [5.74, 6) is -5.51. The van der Waals surface area contributed by atoms with E-state index in [-0.39, 0.29) is 12.8 Å². The van der Waals surface area contributed by atoms with Crippen LogP contribution in [0.3, 0.4) is 0 Å². The normalized spacial score (nSPS) is 32.5. The van der Waals surface area contributed by atoms with Gasteiger partial charge in [-0.25, -0.2) is 9.59 Å². The van der Waals surface area contributed by atoms with Crippen molar-refractivity contribution in [2.24, 2.45) is 0 Å². The van der Waals surface area contributed by atoms with E-state index in [0.29, 0.717) is 0 Å². The molecule has 2 atom stereocenters. The lowest BCUT2D eigenvalue weighted by Crippen LogP contribution is -2.65. The zero-order valence-corrected chi connectivity index (χ0v) is 9.35. The first-order valence-corrected chi connectivity index (χ1v) is 5.04. The van der Waals surface area contributed by atoms with Crippen molar-refractivity contribution in [1.82, 2.24) is 0 Å². The average molecular weight is 244 g/mol. The van der Waals surface area contributed by atoms with Crippen LogP contribution in [0.1, 0.15) is 26.7 Å². The summed E-state index contributed by atoms with van der Waals surface area (Å²) in [5.41, 5.74) is -6.27. The second-order valence-corrected chi connectivity index (χ2v) is 3.65. The fraction of sp³-hybridized carbons (Fsp3) is 0.600. The molecule has 1 heterocycles. The number of hydrogen-bond donors (Lipinski definition) is 2. The summed E-state index contributed by atoms with van der Waals surface area (Å²) in [5, 5.41) is 19.8. The van der Waals surface area contributed by atoms with Crippen molar-refractivity contribution in [2.75, 3.05) is 0 Å². The van der Waals surface area contributed by atoms with E-state index in [4.69, 9.17) is 0 Å². The fourth-order valence-corrected chi connectivity index (χ4v) is 1.67. The van der Waals surface area contributed by atoms with E-state index in [1.165, 1.54) is 13.8 Å². The molecule has 1 rings (SSSR count). The Bertz CT molecular complexity index is 375. The molecule has 94 valence electrons. The Labute approximate surface area is 96.4 Å². The number of esters is 2. The second-order valence-electron chi connectivity index (χ2n) is 3.65. The summed E-state index contributed by atoms with van der Waals surface area (Å²) in [6.45, 7) is 2.63. The van der Waals surface area contributed by atoms with Crippen LogP contribution in [0.5, 0.6) is 0 Å². The van der Waals surface area contributed by atoms with Crippen LogP contribution in [0.2, 0.25) is 0 Å². The number of hydrogen-bond acceptors (Lipinski definition) is 7. The molecule has 0 aromatic rings. The summed E-state index contributed by atoms with van der Waals surface area (Å²) in [6, 6.07) is 0. The van der Waals surface area contributed by atoms with Gasteiger partial charge >= 0.3 is 11.9 Å². The molecule has 0 aromatic carbocycles. The number of rotatable bonds is 4. The lowest BCUT2D eigenvalue weighted by molar-refractivity contribution is -0.181. The maximum atomic E-state index is 11.5. The van der Waals surface area contributed by atoms with Crippen molar-refractivity contribution >= 4 is 23.5 Å². The van der Waals surface area contributed by atoms with E-state index >= 15 is 0 Å². The highest BCUT2D eigenvalue weighted by atomic mass is 16.6. The van der Waals surface area contributed by atoms with Crippen molar-refractivity contribution in [1.29, 1.82) is 0 Å². The highest BCUT2D eigenvalue weighted by Gasteiger charge is 2.74. The number of ketones is 2. The Balaban J connectivity index is 3.44. The lowest BCUT2D eigenvalue weighted by Gasteiger charge is -2.28. The van der Waals surface area contributed by atoms with Gasteiger partial charge in [0, 0.05) is 12.8 Å². The monoisotopic (exact) mass is 244 g/mol. The molecule has 1 saturated heterocycles. The molecule has 0 spiro atoms. The molecule has 0 amide bonds. The zero-order chi connectivity index (χ0) is 13.4. The Kier molecular flexibility index (Phi) is 3.17. The van der Waals surface area contributed by atoms with Crippen LogP contribution in [0.25, 0.3) is 0 Å². The quantitative estimate of drug-likeness (QED) is 0.456. The molecule has 0 saturated carbocycles. The van der Waals surface area contributed by atoms with Gasteiger partial charge in [-0.15, -0.1) is 0 Å². The number of carbonyl (C=O) groups is 4. The molecule has 1 fully saturated rings. The van der Waals surface area contributed by atoms with E-state index in [9.17, 15) is 29.4 Å². The van der Waals surface area contributed by atoms with E-state index < -0.39 is 34.7 Å². The Morgan fingerprint density at radius 2 is 1.29 bits per heavy atom. The topological polar surface area (TPSA) is 118 Å². The minimum atomic E-state index is -3.13. The largest absolute Gasteiger partial charge is 0.388 e. The van der Waals surface area contributed by atoms with Crippen LogP contribution < -0.4 is 0 Å². The number of carbonyl (C=O) groups excluding carboxylic acids is 4. The van der Waals surface area contributed by atoms with Crippen molar-refractivity contribution < 1.29 is 34.1 Å². The van der Waals surface area contributed by atoms with Gasteiger partial charge < -0.3 is 14.9 Å². The van der Waals surface area contributed by atoms with Crippen LogP contribution >= 0.6 is 0 Å². The second kappa shape index (κ2) is 4.01. The third-order valence-corrected chi connectivity index (χ3v) is 2.75. The molecule has 0 bridgehead atoms. The third kappa shape index (κ3) is 1.43. The number of cyclic esters (lactones) is 2. The van der Waals surface area contributed by atoms with Gasteiger partial charge in [-0.05, 0) is 0 Å². The highest BCUT2D eigenvalue weighted by Crippen LogP contribution is 2.35. The molecule has 1 aliphatic heterocycles. The Hall–Kier alpha value is -1.60. The first-order valence-electron chi connectivity index (χ1n) is 5.04. The van der Waals surface area contributed by atoms with Crippen molar-refractivity contribution in [3.05, 3.63) is 0 Å². The third-order valence-electron chi connectivity index (χ3n) is 2.75. The summed E-state index contributed by atoms with van der Waals surface area (Å²) >= 11 is 0. The van der Waals surface area contributed by atoms with E-state index in [2.05, 4.69) is 4.74 Å². The van der Waals surface area contributed by atoms with Gasteiger partial charge in [0.1, 0.15) is 0 Å². The minimum absolute atomic E-state index is 0.335. The Morgan fingerprint density at radius 1 is 1.00 bits per heavy atom. The van der Waals surface area contributed by atoms with Gasteiger partial charge in [-0.2, -0.15) is 0 Å². The molecular formula is C10H12O7. The number of aliphatic hydroxyl groups is 2. The van der Waals surface area contributed by atoms with Gasteiger partial charge in [-0.1, -0.05) is 13.8 Å². The molecule has 1 aliphatic rings. The first-order chi connectivity index (χ1) is 7.76. The van der Waals surface area contributed by atoms with Crippen LogP contribution in [0, 0.1) is 0 Å². The molecule has 0 aromatic heterocycles. The van der Waals surface area contributed by atoms with Crippen LogP contribution in [0.4, 0.5) is 0 Å². The Morgan fingerprint density at radius 3 is 1.53 bits per heavy atom. The predicted octanol–water partition coefficient (Wildman–Crippen LogP) is -1.51. The molecule has 2 N–H and O–H groups in total. The molecule has 7 heteroatoms. The predicted molar refractivity (Wildman–Crippen MR) is 51.6 cm³/mol. The molecule has 17 heavy (non-hydrogen) atoms. The van der Waals surface area contributed by atoms with E-state index in [0.717, 1.165) is 0 Å². The molecule has 0 radical (unpaired) electrons. The number of Topliss-reactive ketones (excluding diaryl/α,β-unsaturated/α-hetero) is 2. The van der Waals surface area contributed by atoms with E-state index in [1.54, 1.807) is 0 Å². The maximum Gasteiger partial charge on any atom is 0.358 e. The standard InChI is InChI=1S/C10H12O7/c1-3-5(11)9(15)7(13)17-8(14)10(9,16)6(12)4-2/h15-16H,3-4H2,1-2H3. The fourth-order valence-electron chi connectivity index (χ4n) is 1.67. The van der Waals surface area contributed by atoms with Crippen molar-refractivity contribution in [3.63, 3.8) is 0 Å². The van der Waals surface area contributed by atoms with Crippen LogP contribution in [-0.4, -0.2) is 44.9 Å². The van der Waals surface area contributed by atoms with Gasteiger partial charge in [0.2, 0.25) is 0 Å². The van der Waals surface area contributed by atoms with Gasteiger partial charge in [0.15, 0.2) is 11.6 Å². The van der Waals surface area contributed by atoms with Crippen LogP contribution in [0.15, 0.2) is 0 Å². The van der Waals surface area contributed by atoms with Gasteiger partial charge in [0.25, 0.3) is 11.2 Å². The smallest absolute Gasteiger partial charge is 0.358 e. The lowest BCUT2D eigenvalue weighted by atomic mass is 9.77. The molecule has 0 aliphatic carbocycles. The first kappa shape index (κ1) is 13.5. The minimum Gasteiger partial charge on any atom is -0.388 e. The van der Waals surface area contributed by atoms with E-state index in [1.807, 2.05) is 0 Å². The zero-order valence-electron chi connectivity index (χ0n) is 9.35. The SMILES string of the molecule is CCC(=O)C1(O)C(=O)OC(=O)C1(O)C(=O)CC. The molecule has 2 unspecified atom stereocenters. The summed E-state index contributed by atoms with van der Waals surface area (Å²) < 4.78 is 4.02. The molecule has 7 nitrogen and oxygen atoms in total. The summed E-state index contributed by atoms with van der Waals surface area (Å²) in [4.78, 5) is 45.7. The summed E-state index contributed by atoms with van der Waals surface area (Å²) in [6.07, 6.45) is -0.670. The van der Waals surface area contributed by atoms with Crippen molar-refractivity contribution in [2.45, 2.75) is 37.9 Å². The average Bonchev–Trinajstić information content (AvgIpc) is 2.50. The van der Waals surface area contributed by atoms with Gasteiger partial charge in [-0.3, -0.25) is 9.59 Å². The number of ether oxygens (including phenoxy) is 1. The molecular weight excluding hydrogens is 232 g/mol. The maximum absolute atomic E-state index is 11.5. The highest BCUT2D eigenvalue weighted by molar-refractivity contribution is 6.28. The van der Waals surface area contributed by atoms with Crippen LogP contribution in [-0.2, 0) is 23.9 Å². The van der Waals surface area contributed by atoms with Gasteiger partial charge in [0.05, 0.1) is 0 Å².